The highest BCUT2D eigenvalue weighted by Crippen LogP contribution is 1.97. The molecular weight excluding hydrogens is 120 g/mol. The fourth-order valence-corrected chi connectivity index (χ4v) is 0.724. The molecule has 0 radical (unpaired) electrons. The second-order valence-electron chi connectivity index (χ2n) is 2.22. The summed E-state index contributed by atoms with van der Waals surface area (Å²) in [4.78, 5) is 0. The van der Waals surface area contributed by atoms with E-state index in [0.717, 1.165) is 12.8 Å². The van der Waals surface area contributed by atoms with Crippen molar-refractivity contribution in [3.8, 4) is 0 Å². The lowest BCUT2D eigenvalue weighted by Gasteiger charge is -1.86. The van der Waals surface area contributed by atoms with Crippen molar-refractivity contribution in [1.82, 2.24) is 0 Å². The van der Waals surface area contributed by atoms with Crippen LogP contribution in [0.15, 0.2) is 30.5 Å². The molecule has 10 heavy (non-hydrogen) atoms. The molecule has 0 spiro atoms. The maximum atomic E-state index is 3.50. The van der Waals surface area contributed by atoms with Crippen molar-refractivity contribution in [3.63, 3.8) is 0 Å². The van der Waals surface area contributed by atoms with Crippen molar-refractivity contribution in [1.29, 1.82) is 0 Å². The quantitative estimate of drug-likeness (QED) is 0.308. The van der Waals surface area contributed by atoms with E-state index in [1.165, 1.54) is 12.8 Å². The molecule has 0 fully saturated rings. The molecule has 0 N–H and O–H groups in total. The molecule has 0 saturated heterocycles. The normalized spacial score (nSPS) is 9.70. The Balaban J connectivity index is 3.04. The van der Waals surface area contributed by atoms with Crippen LogP contribution >= 0.6 is 0 Å². The van der Waals surface area contributed by atoms with Crippen LogP contribution in [0.5, 0.6) is 0 Å². The maximum absolute atomic E-state index is 3.50. The van der Waals surface area contributed by atoms with Gasteiger partial charge in [0, 0.05) is 0 Å². The van der Waals surface area contributed by atoms with E-state index in [-0.39, 0.29) is 0 Å². The predicted octanol–water partition coefficient (Wildman–Crippen LogP) is 3.46. The van der Waals surface area contributed by atoms with Crippen LogP contribution in [0.25, 0.3) is 0 Å². The van der Waals surface area contributed by atoms with Gasteiger partial charge in [0.1, 0.15) is 0 Å². The van der Waals surface area contributed by atoms with Crippen molar-refractivity contribution in [2.24, 2.45) is 0 Å². The lowest BCUT2D eigenvalue weighted by Crippen LogP contribution is -1.67. The lowest BCUT2D eigenvalue weighted by molar-refractivity contribution is 0.866. The third kappa shape index (κ3) is 7.26. The number of allylic oxidation sites excluding steroid dienone is 3. The summed E-state index contributed by atoms with van der Waals surface area (Å²) < 4.78 is 0. The fourth-order valence-electron chi connectivity index (χ4n) is 0.724. The lowest BCUT2D eigenvalue weighted by atomic mass is 10.2. The minimum absolute atomic E-state index is 1.11. The van der Waals surface area contributed by atoms with E-state index >= 15 is 0 Å². The molecule has 0 heterocycles. The minimum Gasteiger partial charge on any atom is -0.133 e. The Kier molecular flexibility index (Phi) is 7.65. The number of hydrogen-bond donors (Lipinski definition) is 0. The van der Waals surface area contributed by atoms with Crippen LogP contribution in [-0.2, 0) is 0 Å². The maximum Gasteiger partial charge on any atom is -0.0272 e. The van der Waals surface area contributed by atoms with Crippen molar-refractivity contribution >= 4 is 0 Å². The Morgan fingerprint density at radius 1 is 1.30 bits per heavy atom. The average molecular weight is 136 g/mol. The van der Waals surface area contributed by atoms with E-state index in [4.69, 9.17) is 0 Å². The number of hydrogen-bond acceptors (Lipinski definition) is 0. The Labute approximate surface area is 64.0 Å². The molecule has 0 saturated carbocycles. The third-order valence-electron chi connectivity index (χ3n) is 1.27. The Morgan fingerprint density at radius 3 is 2.70 bits per heavy atom. The Bertz CT molecular complexity index is 125. The summed E-state index contributed by atoms with van der Waals surface area (Å²) in [5, 5.41) is 0. The minimum atomic E-state index is 1.11. The van der Waals surface area contributed by atoms with Crippen LogP contribution in [0.3, 0.4) is 0 Å². The van der Waals surface area contributed by atoms with E-state index in [0.29, 0.717) is 0 Å². The van der Waals surface area contributed by atoms with Gasteiger partial charge in [-0.3, -0.25) is 0 Å². The van der Waals surface area contributed by atoms with Crippen molar-refractivity contribution in [2.45, 2.75) is 32.6 Å². The summed E-state index contributed by atoms with van der Waals surface area (Å²) >= 11 is 0. The molecule has 56 valence electrons. The first-order valence-electron chi connectivity index (χ1n) is 3.91. The molecule has 0 unspecified atom stereocenters. The molecule has 0 aromatic carbocycles. The van der Waals surface area contributed by atoms with Crippen molar-refractivity contribution in [3.05, 3.63) is 30.5 Å². The fraction of sp³-hybridized carbons (Fsp3) is 0.500. The molecule has 0 bridgehead atoms. The van der Waals surface area contributed by atoms with E-state index in [1.807, 2.05) is 6.08 Å². The standard InChI is InChI=1S/C10H16/c1-3-5-7-9-10-8-6-4-2/h5-6,8H,1,4,7,9-10H2,2H3. The molecule has 0 aliphatic rings. The summed E-state index contributed by atoms with van der Waals surface area (Å²) in [5.41, 5.74) is 2.76. The van der Waals surface area contributed by atoms with Crippen LogP contribution in [0.4, 0.5) is 0 Å². The molecule has 0 amide bonds. The molecular formula is C10H16. The van der Waals surface area contributed by atoms with Crippen LogP contribution in [0.2, 0.25) is 0 Å². The molecule has 0 nitrogen and oxygen atoms in total. The van der Waals surface area contributed by atoms with E-state index in [9.17, 15) is 0 Å². The van der Waals surface area contributed by atoms with Crippen molar-refractivity contribution in [2.75, 3.05) is 0 Å². The van der Waals surface area contributed by atoms with Gasteiger partial charge in [-0.1, -0.05) is 25.7 Å². The molecule has 0 atom stereocenters. The summed E-state index contributed by atoms with van der Waals surface area (Å²) in [6, 6.07) is 0. The van der Waals surface area contributed by atoms with Gasteiger partial charge in [-0.25, -0.2) is 0 Å². The van der Waals surface area contributed by atoms with E-state index in [2.05, 4.69) is 31.4 Å². The first kappa shape index (κ1) is 9.26. The van der Waals surface area contributed by atoms with Gasteiger partial charge in [-0.05, 0) is 31.8 Å². The van der Waals surface area contributed by atoms with Gasteiger partial charge in [0.25, 0.3) is 0 Å². The highest BCUT2D eigenvalue weighted by molar-refractivity contribution is 4.82. The van der Waals surface area contributed by atoms with Gasteiger partial charge in [0.2, 0.25) is 0 Å². The SMILES string of the molecule is C=C=CCCCC=CCC. The van der Waals surface area contributed by atoms with Gasteiger partial charge >= 0.3 is 0 Å². The Hall–Kier alpha value is -0.740. The second-order valence-corrected chi connectivity index (χ2v) is 2.22. The predicted molar refractivity (Wildman–Crippen MR) is 47.0 cm³/mol. The first-order chi connectivity index (χ1) is 4.91. The largest absolute Gasteiger partial charge is 0.133 e. The number of rotatable bonds is 5. The highest BCUT2D eigenvalue weighted by Gasteiger charge is 1.77. The van der Waals surface area contributed by atoms with Crippen LogP contribution in [-0.4, -0.2) is 0 Å². The molecule has 0 aromatic heterocycles. The van der Waals surface area contributed by atoms with E-state index in [1.54, 1.807) is 0 Å². The molecule has 0 rings (SSSR count). The van der Waals surface area contributed by atoms with Crippen LogP contribution in [0.1, 0.15) is 32.6 Å². The van der Waals surface area contributed by atoms with Gasteiger partial charge in [-0.15, -0.1) is 5.73 Å². The zero-order valence-corrected chi connectivity index (χ0v) is 6.77. The second kappa shape index (κ2) is 8.26. The smallest absolute Gasteiger partial charge is 0.0272 e. The summed E-state index contributed by atoms with van der Waals surface area (Å²) in [6.45, 7) is 5.65. The van der Waals surface area contributed by atoms with Crippen LogP contribution in [0, 0.1) is 0 Å². The number of unbranched alkanes of at least 4 members (excludes halogenated alkanes) is 2. The topological polar surface area (TPSA) is 0 Å². The Morgan fingerprint density at radius 2 is 2.10 bits per heavy atom. The third-order valence-corrected chi connectivity index (χ3v) is 1.27. The zero-order valence-electron chi connectivity index (χ0n) is 6.77. The molecule has 0 aliphatic heterocycles. The van der Waals surface area contributed by atoms with Gasteiger partial charge in [-0.2, -0.15) is 0 Å². The van der Waals surface area contributed by atoms with Crippen LogP contribution < -0.4 is 0 Å². The molecule has 0 heteroatoms. The van der Waals surface area contributed by atoms with Gasteiger partial charge in [0.05, 0.1) is 0 Å². The summed E-state index contributed by atoms with van der Waals surface area (Å²) in [7, 11) is 0. The summed E-state index contributed by atoms with van der Waals surface area (Å²) in [5.74, 6) is 0. The monoisotopic (exact) mass is 136 g/mol. The first-order valence-corrected chi connectivity index (χ1v) is 3.91. The van der Waals surface area contributed by atoms with Gasteiger partial charge < -0.3 is 0 Å². The highest BCUT2D eigenvalue weighted by atomic mass is 13.8. The van der Waals surface area contributed by atoms with E-state index < -0.39 is 0 Å². The molecule has 0 aliphatic carbocycles. The van der Waals surface area contributed by atoms with Gasteiger partial charge in [0.15, 0.2) is 0 Å². The zero-order chi connectivity index (χ0) is 7.66. The van der Waals surface area contributed by atoms with Crippen molar-refractivity contribution < 1.29 is 0 Å². The summed E-state index contributed by atoms with van der Waals surface area (Å²) in [6.07, 6.45) is 11.1. The molecule has 0 aromatic rings. The average Bonchev–Trinajstić information content (AvgIpc) is 1.97.